The van der Waals surface area contributed by atoms with Crippen molar-refractivity contribution in [3.63, 3.8) is 0 Å². The Morgan fingerprint density at radius 3 is 2.00 bits per heavy atom. The standard InChI is InChI=1S/C44H32N2O2/c47-30-35-11-4-5-12-36(35)31-48-26-25-32-21-22-34-28-40(24-23-33(34)27-32)45(37-13-2-1-3-14-37)38-15-10-16-39(29-38)46-43-19-8-6-17-41(43)42-18-7-9-20-44(42)46/h1-30H,31H2. The zero-order valence-corrected chi connectivity index (χ0v) is 26.2. The highest BCUT2D eigenvalue weighted by Gasteiger charge is 2.16. The molecule has 1 aromatic heterocycles. The number of hydrogen-bond donors (Lipinski definition) is 0. The van der Waals surface area contributed by atoms with Crippen LogP contribution in [0.3, 0.4) is 0 Å². The number of rotatable bonds is 9. The zero-order valence-electron chi connectivity index (χ0n) is 26.2. The Morgan fingerprint density at radius 2 is 1.21 bits per heavy atom. The van der Waals surface area contributed by atoms with E-state index >= 15 is 0 Å². The summed E-state index contributed by atoms with van der Waals surface area (Å²) in [7, 11) is 0. The van der Waals surface area contributed by atoms with E-state index in [2.05, 4.69) is 149 Å². The molecule has 8 rings (SSSR count). The van der Waals surface area contributed by atoms with E-state index in [0.29, 0.717) is 12.2 Å². The topological polar surface area (TPSA) is 34.5 Å². The van der Waals surface area contributed by atoms with Gasteiger partial charge in [0.05, 0.1) is 17.3 Å². The maximum absolute atomic E-state index is 11.3. The Hall–Kier alpha value is -6.39. The normalized spacial score (nSPS) is 11.4. The van der Waals surface area contributed by atoms with Crippen LogP contribution in [0.15, 0.2) is 170 Å². The fraction of sp³-hybridized carbons (Fsp3) is 0.0227. The summed E-state index contributed by atoms with van der Waals surface area (Å²) in [4.78, 5) is 13.6. The molecular weight excluding hydrogens is 588 g/mol. The van der Waals surface area contributed by atoms with Gasteiger partial charge in [0.25, 0.3) is 0 Å². The Labute approximate surface area is 279 Å². The van der Waals surface area contributed by atoms with Crippen molar-refractivity contribution in [1.82, 2.24) is 4.57 Å². The van der Waals surface area contributed by atoms with Gasteiger partial charge in [-0.3, -0.25) is 4.79 Å². The molecule has 0 aliphatic heterocycles. The van der Waals surface area contributed by atoms with Crippen LogP contribution in [0.25, 0.3) is 44.3 Å². The molecule has 0 fully saturated rings. The largest absolute Gasteiger partial charge is 0.496 e. The van der Waals surface area contributed by atoms with Crippen molar-refractivity contribution in [3.05, 3.63) is 187 Å². The molecule has 0 aliphatic carbocycles. The summed E-state index contributed by atoms with van der Waals surface area (Å²) in [6.45, 7) is 0.343. The highest BCUT2D eigenvalue weighted by molar-refractivity contribution is 6.09. The van der Waals surface area contributed by atoms with Gasteiger partial charge in [-0.05, 0) is 88.6 Å². The second-order valence-electron chi connectivity index (χ2n) is 11.8. The van der Waals surface area contributed by atoms with Crippen LogP contribution in [0.2, 0.25) is 0 Å². The van der Waals surface area contributed by atoms with Crippen molar-refractivity contribution in [2.45, 2.75) is 6.61 Å². The van der Waals surface area contributed by atoms with Crippen LogP contribution in [0.4, 0.5) is 17.1 Å². The number of nitrogens with zero attached hydrogens (tertiary/aromatic N) is 2. The minimum Gasteiger partial charge on any atom is -0.496 e. The fourth-order valence-corrected chi connectivity index (χ4v) is 6.54. The number of aldehydes is 1. The van der Waals surface area contributed by atoms with Gasteiger partial charge in [-0.15, -0.1) is 0 Å². The number of carbonyl (C=O) groups excluding carboxylic acids is 1. The Kier molecular flexibility index (Phi) is 7.73. The summed E-state index contributed by atoms with van der Waals surface area (Å²) < 4.78 is 8.12. The van der Waals surface area contributed by atoms with E-state index in [9.17, 15) is 4.79 Å². The molecule has 0 aliphatic rings. The third-order valence-corrected chi connectivity index (χ3v) is 8.82. The van der Waals surface area contributed by atoms with Crippen LogP contribution in [0, 0.1) is 0 Å². The second-order valence-corrected chi connectivity index (χ2v) is 11.8. The van der Waals surface area contributed by atoms with Gasteiger partial charge < -0.3 is 14.2 Å². The van der Waals surface area contributed by atoms with Gasteiger partial charge in [-0.1, -0.05) is 103 Å². The molecule has 0 bridgehead atoms. The molecule has 0 unspecified atom stereocenters. The van der Waals surface area contributed by atoms with Gasteiger partial charge in [0.2, 0.25) is 0 Å². The van der Waals surface area contributed by atoms with Crippen molar-refractivity contribution in [2.75, 3.05) is 4.90 Å². The molecule has 0 saturated heterocycles. The number of benzene rings is 7. The summed E-state index contributed by atoms with van der Waals surface area (Å²) in [5.41, 5.74) is 9.29. The number of aromatic nitrogens is 1. The van der Waals surface area contributed by atoms with Gasteiger partial charge >= 0.3 is 0 Å². The van der Waals surface area contributed by atoms with Gasteiger partial charge in [-0.25, -0.2) is 0 Å². The number of carbonyl (C=O) groups is 1. The molecule has 230 valence electrons. The molecule has 0 atom stereocenters. The van der Waals surface area contributed by atoms with E-state index in [0.717, 1.165) is 50.9 Å². The minimum absolute atomic E-state index is 0.343. The van der Waals surface area contributed by atoms with Crippen LogP contribution in [0.5, 0.6) is 0 Å². The summed E-state index contributed by atoms with van der Waals surface area (Å²) in [5, 5.41) is 4.78. The van der Waals surface area contributed by atoms with Crippen LogP contribution in [0.1, 0.15) is 21.5 Å². The highest BCUT2D eigenvalue weighted by atomic mass is 16.5. The van der Waals surface area contributed by atoms with Gasteiger partial charge in [0.1, 0.15) is 12.9 Å². The molecule has 0 saturated carbocycles. The molecule has 1 heterocycles. The van der Waals surface area contributed by atoms with E-state index in [4.69, 9.17) is 4.74 Å². The molecule has 0 N–H and O–H groups in total. The summed E-state index contributed by atoms with van der Waals surface area (Å²) in [6.07, 6.45) is 4.51. The monoisotopic (exact) mass is 620 g/mol. The number of para-hydroxylation sites is 3. The maximum Gasteiger partial charge on any atom is 0.150 e. The lowest BCUT2D eigenvalue weighted by Crippen LogP contribution is -2.10. The first kappa shape index (κ1) is 29.0. The lowest BCUT2D eigenvalue weighted by molar-refractivity contribution is 0.112. The maximum atomic E-state index is 11.3. The molecule has 0 spiro atoms. The van der Waals surface area contributed by atoms with Crippen LogP contribution in [-0.2, 0) is 11.3 Å². The number of fused-ring (bicyclic) bond motifs is 4. The van der Waals surface area contributed by atoms with Crippen LogP contribution in [-0.4, -0.2) is 10.9 Å². The van der Waals surface area contributed by atoms with Crippen molar-refractivity contribution in [1.29, 1.82) is 0 Å². The molecule has 4 nitrogen and oxygen atoms in total. The highest BCUT2D eigenvalue weighted by Crippen LogP contribution is 2.38. The SMILES string of the molecule is O=Cc1ccccc1COC=Cc1ccc2cc(N(c3ccccc3)c3cccc(-n4c5ccccc5c5ccccc54)c3)ccc2c1. The van der Waals surface area contributed by atoms with Crippen molar-refractivity contribution in [2.24, 2.45) is 0 Å². The molecule has 0 amide bonds. The van der Waals surface area contributed by atoms with Gasteiger partial charge in [-0.2, -0.15) is 0 Å². The Bertz CT molecular complexity index is 2390. The second kappa shape index (κ2) is 12.8. The molecule has 48 heavy (non-hydrogen) atoms. The molecular formula is C44H32N2O2. The van der Waals surface area contributed by atoms with E-state index in [-0.39, 0.29) is 0 Å². The average Bonchev–Trinajstić information content (AvgIpc) is 3.49. The van der Waals surface area contributed by atoms with Crippen LogP contribution < -0.4 is 4.90 Å². The first-order valence-corrected chi connectivity index (χ1v) is 16.1. The third kappa shape index (κ3) is 5.50. The molecule has 7 aromatic carbocycles. The summed E-state index contributed by atoms with van der Waals surface area (Å²) in [5.74, 6) is 0. The summed E-state index contributed by atoms with van der Waals surface area (Å²) in [6, 6.07) is 57.0. The first-order valence-electron chi connectivity index (χ1n) is 16.1. The first-order chi connectivity index (χ1) is 23.8. The number of hydrogen-bond acceptors (Lipinski definition) is 3. The van der Waals surface area contributed by atoms with Crippen molar-refractivity contribution < 1.29 is 9.53 Å². The average molecular weight is 621 g/mol. The minimum atomic E-state index is 0.343. The fourth-order valence-electron chi connectivity index (χ4n) is 6.54. The zero-order chi connectivity index (χ0) is 32.3. The van der Waals surface area contributed by atoms with E-state index < -0.39 is 0 Å². The predicted octanol–water partition coefficient (Wildman–Crippen LogP) is 11.4. The Balaban J connectivity index is 1.13. The van der Waals surface area contributed by atoms with Crippen molar-refractivity contribution >= 4 is 62.0 Å². The number of anilines is 3. The van der Waals surface area contributed by atoms with Crippen molar-refractivity contribution in [3.8, 4) is 5.69 Å². The predicted molar refractivity (Wildman–Crippen MR) is 199 cm³/mol. The van der Waals surface area contributed by atoms with E-state index in [1.54, 1.807) is 12.3 Å². The summed E-state index contributed by atoms with van der Waals surface area (Å²) >= 11 is 0. The van der Waals surface area contributed by atoms with Crippen LogP contribution >= 0.6 is 0 Å². The molecule has 0 radical (unpaired) electrons. The third-order valence-electron chi connectivity index (χ3n) is 8.82. The lowest BCUT2D eigenvalue weighted by Gasteiger charge is -2.26. The molecule has 4 heteroatoms. The smallest absolute Gasteiger partial charge is 0.150 e. The van der Waals surface area contributed by atoms with E-state index in [1.807, 2.05) is 24.3 Å². The Morgan fingerprint density at radius 1 is 0.562 bits per heavy atom. The molecule has 8 aromatic rings. The van der Waals surface area contributed by atoms with E-state index in [1.165, 1.54) is 21.8 Å². The lowest BCUT2D eigenvalue weighted by atomic mass is 10.0. The quantitative estimate of drug-likeness (QED) is 0.119. The van der Waals surface area contributed by atoms with Gasteiger partial charge in [0.15, 0.2) is 0 Å². The number of ether oxygens (including phenoxy) is 1. The van der Waals surface area contributed by atoms with Gasteiger partial charge in [0, 0.05) is 39.1 Å².